The van der Waals surface area contributed by atoms with Crippen molar-refractivity contribution in [1.29, 1.82) is 0 Å². The minimum Gasteiger partial charge on any atom is -0.495 e. The van der Waals surface area contributed by atoms with Gasteiger partial charge in [0.15, 0.2) is 0 Å². The third-order valence-corrected chi connectivity index (χ3v) is 4.30. The Morgan fingerprint density at radius 3 is 2.86 bits per heavy atom. The zero-order valence-electron chi connectivity index (χ0n) is 14.9. The van der Waals surface area contributed by atoms with E-state index in [-0.39, 0.29) is 0 Å². The fourth-order valence-electron chi connectivity index (χ4n) is 2.79. The molecule has 0 saturated heterocycles. The molecule has 0 fully saturated rings. The van der Waals surface area contributed by atoms with Gasteiger partial charge in [-0.3, -0.25) is 4.40 Å². The quantitative estimate of drug-likeness (QED) is 0.526. The van der Waals surface area contributed by atoms with Gasteiger partial charge in [-0.05, 0) is 36.4 Å². The summed E-state index contributed by atoms with van der Waals surface area (Å²) in [5.74, 6) is 1.13. The average Bonchev–Trinajstić information content (AvgIpc) is 3.13. The number of urea groups is 1. The Morgan fingerprint density at radius 2 is 2.04 bits per heavy atom. The number of nitrogens with zero attached hydrogens (tertiary/aromatic N) is 3. The Hall–Kier alpha value is -3.58. The predicted molar refractivity (Wildman–Crippen MR) is 109 cm³/mol. The minimum atomic E-state index is -0.408. The Kier molecular flexibility index (Phi) is 4.82. The highest BCUT2D eigenvalue weighted by Gasteiger charge is 2.10. The molecule has 2 amide bonds. The zero-order valence-corrected chi connectivity index (χ0v) is 15.6. The van der Waals surface area contributed by atoms with Crippen LogP contribution in [0.25, 0.3) is 17.0 Å². The first-order chi connectivity index (χ1) is 13.6. The summed E-state index contributed by atoms with van der Waals surface area (Å²) in [4.78, 5) is 21.1. The van der Waals surface area contributed by atoms with E-state index < -0.39 is 6.03 Å². The molecule has 7 nitrogen and oxygen atoms in total. The summed E-state index contributed by atoms with van der Waals surface area (Å²) in [7, 11) is 1.53. The lowest BCUT2D eigenvalue weighted by Crippen LogP contribution is -2.19. The SMILES string of the molecule is COc1ccc(Cl)cc1NC(=O)Nc1cccc(-c2cn3cccnc3n2)c1. The van der Waals surface area contributed by atoms with Crippen LogP contribution in [0.4, 0.5) is 16.2 Å². The third kappa shape index (κ3) is 3.74. The van der Waals surface area contributed by atoms with Crippen molar-refractivity contribution in [3.8, 4) is 17.0 Å². The molecule has 2 heterocycles. The van der Waals surface area contributed by atoms with E-state index in [4.69, 9.17) is 16.3 Å². The van der Waals surface area contributed by atoms with Crippen molar-refractivity contribution in [1.82, 2.24) is 14.4 Å². The molecule has 0 spiro atoms. The lowest BCUT2D eigenvalue weighted by atomic mass is 10.1. The molecule has 140 valence electrons. The third-order valence-electron chi connectivity index (χ3n) is 4.06. The van der Waals surface area contributed by atoms with Gasteiger partial charge in [-0.2, -0.15) is 0 Å². The van der Waals surface area contributed by atoms with Crippen LogP contribution in [0, 0.1) is 0 Å². The summed E-state index contributed by atoms with van der Waals surface area (Å²) >= 11 is 6.00. The van der Waals surface area contributed by atoms with Crippen LogP contribution < -0.4 is 15.4 Å². The van der Waals surface area contributed by atoms with Gasteiger partial charge in [0.25, 0.3) is 0 Å². The van der Waals surface area contributed by atoms with Crippen LogP contribution in [-0.4, -0.2) is 27.5 Å². The molecule has 0 aliphatic rings. The molecule has 4 rings (SSSR count). The van der Waals surface area contributed by atoms with Gasteiger partial charge in [0, 0.05) is 34.9 Å². The number of rotatable bonds is 4. The van der Waals surface area contributed by atoms with Gasteiger partial charge < -0.3 is 15.4 Å². The molecule has 8 heteroatoms. The van der Waals surface area contributed by atoms with Crippen molar-refractivity contribution in [3.63, 3.8) is 0 Å². The first-order valence-electron chi connectivity index (χ1n) is 8.44. The maximum atomic E-state index is 12.4. The second kappa shape index (κ2) is 7.58. The largest absolute Gasteiger partial charge is 0.495 e. The van der Waals surface area contributed by atoms with Crippen LogP contribution in [-0.2, 0) is 0 Å². The van der Waals surface area contributed by atoms with E-state index in [0.29, 0.717) is 27.9 Å². The van der Waals surface area contributed by atoms with Crippen LogP contribution in [0.1, 0.15) is 0 Å². The maximum absolute atomic E-state index is 12.4. The first-order valence-corrected chi connectivity index (χ1v) is 8.82. The fraction of sp³-hybridized carbons (Fsp3) is 0.0500. The highest BCUT2D eigenvalue weighted by Crippen LogP contribution is 2.28. The van der Waals surface area contributed by atoms with Gasteiger partial charge in [0.05, 0.1) is 18.5 Å². The molecule has 2 aromatic carbocycles. The number of aromatic nitrogens is 3. The fourth-order valence-corrected chi connectivity index (χ4v) is 2.96. The van der Waals surface area contributed by atoms with E-state index in [1.807, 2.05) is 41.1 Å². The Balaban J connectivity index is 1.53. The number of imidazole rings is 1. The van der Waals surface area contributed by atoms with Crippen molar-refractivity contribution in [2.45, 2.75) is 0 Å². The number of fused-ring (bicyclic) bond motifs is 1. The van der Waals surface area contributed by atoms with Crippen molar-refractivity contribution in [3.05, 3.63) is 72.1 Å². The number of anilines is 2. The van der Waals surface area contributed by atoms with Gasteiger partial charge in [-0.25, -0.2) is 14.8 Å². The molecule has 0 saturated carbocycles. The Labute approximate surface area is 166 Å². The second-order valence-electron chi connectivity index (χ2n) is 5.96. The number of methoxy groups -OCH3 is 1. The smallest absolute Gasteiger partial charge is 0.323 e. The normalized spacial score (nSPS) is 10.6. The number of carbonyl (C=O) groups excluding carboxylic acids is 1. The highest BCUT2D eigenvalue weighted by molar-refractivity contribution is 6.31. The number of carbonyl (C=O) groups is 1. The van der Waals surface area contributed by atoms with E-state index in [9.17, 15) is 4.79 Å². The van der Waals surface area contributed by atoms with E-state index in [1.165, 1.54) is 7.11 Å². The summed E-state index contributed by atoms with van der Waals surface area (Å²) in [6.07, 6.45) is 5.46. The molecule has 2 N–H and O–H groups in total. The molecular weight excluding hydrogens is 378 g/mol. The molecule has 0 unspecified atom stereocenters. The number of nitrogens with one attached hydrogen (secondary N) is 2. The summed E-state index contributed by atoms with van der Waals surface area (Å²) < 4.78 is 7.08. The van der Waals surface area contributed by atoms with E-state index in [0.717, 1.165) is 11.3 Å². The summed E-state index contributed by atoms with van der Waals surface area (Å²) in [6.45, 7) is 0. The van der Waals surface area contributed by atoms with Crippen LogP contribution in [0.15, 0.2) is 67.1 Å². The molecule has 0 aliphatic heterocycles. The van der Waals surface area contributed by atoms with Crippen LogP contribution >= 0.6 is 11.6 Å². The van der Waals surface area contributed by atoms with Gasteiger partial charge in [-0.1, -0.05) is 23.7 Å². The lowest BCUT2D eigenvalue weighted by molar-refractivity contribution is 0.262. The van der Waals surface area contributed by atoms with Crippen molar-refractivity contribution >= 4 is 34.8 Å². The van der Waals surface area contributed by atoms with E-state index in [2.05, 4.69) is 20.6 Å². The average molecular weight is 394 g/mol. The number of benzene rings is 2. The number of hydrogen-bond donors (Lipinski definition) is 2. The summed E-state index contributed by atoms with van der Waals surface area (Å²) in [5.41, 5.74) is 2.74. The molecule has 4 aromatic rings. The number of amides is 2. The molecule has 0 aliphatic carbocycles. The summed E-state index contributed by atoms with van der Waals surface area (Å²) in [5, 5.41) is 6.05. The van der Waals surface area contributed by atoms with Crippen LogP contribution in [0.2, 0.25) is 5.02 Å². The first kappa shape index (κ1) is 17.8. The van der Waals surface area contributed by atoms with Crippen LogP contribution in [0.3, 0.4) is 0 Å². The monoisotopic (exact) mass is 393 g/mol. The van der Waals surface area contributed by atoms with E-state index in [1.54, 1.807) is 30.5 Å². The minimum absolute atomic E-state index is 0.408. The van der Waals surface area contributed by atoms with Gasteiger partial charge >= 0.3 is 6.03 Å². The van der Waals surface area contributed by atoms with Gasteiger partial charge in [0.2, 0.25) is 5.78 Å². The highest BCUT2D eigenvalue weighted by atomic mass is 35.5. The van der Waals surface area contributed by atoms with Gasteiger partial charge in [-0.15, -0.1) is 0 Å². The predicted octanol–water partition coefficient (Wildman–Crippen LogP) is 4.70. The molecule has 0 bridgehead atoms. The maximum Gasteiger partial charge on any atom is 0.323 e. The standard InChI is InChI=1S/C20H16ClN5O2/c1-28-18-7-6-14(21)11-16(18)25-20(27)23-15-5-2-4-13(10-15)17-12-26-9-3-8-22-19(26)24-17/h2-12H,1H3,(H2,23,25,27). The number of hydrogen-bond acceptors (Lipinski definition) is 4. The number of halogens is 1. The molecule has 2 aromatic heterocycles. The van der Waals surface area contributed by atoms with Crippen molar-refractivity contribution in [2.24, 2.45) is 0 Å². The molecule has 0 radical (unpaired) electrons. The topological polar surface area (TPSA) is 80.5 Å². The molecular formula is C20H16ClN5O2. The lowest BCUT2D eigenvalue weighted by Gasteiger charge is -2.12. The molecule has 28 heavy (non-hydrogen) atoms. The van der Waals surface area contributed by atoms with Crippen molar-refractivity contribution in [2.75, 3.05) is 17.7 Å². The second-order valence-corrected chi connectivity index (χ2v) is 6.39. The Morgan fingerprint density at radius 1 is 1.14 bits per heavy atom. The zero-order chi connectivity index (χ0) is 19.5. The summed E-state index contributed by atoms with van der Waals surface area (Å²) in [6, 6.07) is 13.8. The number of ether oxygens (including phenoxy) is 1. The van der Waals surface area contributed by atoms with Crippen molar-refractivity contribution < 1.29 is 9.53 Å². The van der Waals surface area contributed by atoms with Gasteiger partial charge in [0.1, 0.15) is 5.75 Å². The molecule has 0 atom stereocenters. The van der Waals surface area contributed by atoms with E-state index >= 15 is 0 Å². The Bertz CT molecular complexity index is 1130. The van der Waals surface area contributed by atoms with Crippen LogP contribution in [0.5, 0.6) is 5.75 Å².